The van der Waals surface area contributed by atoms with Crippen LogP contribution in [-0.4, -0.2) is 12.5 Å². The van der Waals surface area contributed by atoms with E-state index in [2.05, 4.69) is 5.32 Å². The van der Waals surface area contributed by atoms with Gasteiger partial charge in [0.2, 0.25) is 0 Å². The summed E-state index contributed by atoms with van der Waals surface area (Å²) >= 11 is 6.04. The zero-order chi connectivity index (χ0) is 10.6. The Labute approximate surface area is 88.7 Å². The smallest absolute Gasteiger partial charge is 0.287 e. The summed E-state index contributed by atoms with van der Waals surface area (Å²) in [6.45, 7) is 5.22. The van der Waals surface area contributed by atoms with E-state index < -0.39 is 0 Å². The van der Waals surface area contributed by atoms with E-state index >= 15 is 0 Å². The lowest BCUT2D eigenvalue weighted by Gasteiger charge is -2.02. The van der Waals surface area contributed by atoms with Crippen LogP contribution in [0.1, 0.15) is 24.2 Å². The predicted octanol–water partition coefficient (Wildman–Crippen LogP) is 1.40. The van der Waals surface area contributed by atoms with Crippen molar-refractivity contribution < 1.29 is 9.36 Å². The number of rotatable bonds is 3. The number of nitrogens with one attached hydrogen (secondary N) is 1. The Morgan fingerprint density at radius 1 is 1.57 bits per heavy atom. The molecule has 1 aromatic heterocycles. The maximum Gasteiger partial charge on any atom is 0.287 e. The van der Waals surface area contributed by atoms with Crippen molar-refractivity contribution in [1.29, 1.82) is 0 Å². The normalized spacial score (nSPS) is 9.93. The van der Waals surface area contributed by atoms with Gasteiger partial charge in [-0.2, -0.15) is 4.57 Å². The number of carbonyl (C=O) groups excluding carboxylic acids is 1. The van der Waals surface area contributed by atoms with Gasteiger partial charge in [-0.15, -0.1) is 0 Å². The highest BCUT2D eigenvalue weighted by Gasteiger charge is 2.17. The quantitative estimate of drug-likeness (QED) is 0.598. The molecule has 0 fully saturated rings. The van der Waals surface area contributed by atoms with Crippen molar-refractivity contribution in [1.82, 2.24) is 5.32 Å². The van der Waals surface area contributed by atoms with Crippen LogP contribution in [0.3, 0.4) is 0 Å². The van der Waals surface area contributed by atoms with Gasteiger partial charge in [0.1, 0.15) is 12.1 Å². The zero-order valence-electron chi connectivity index (χ0n) is 8.38. The summed E-state index contributed by atoms with van der Waals surface area (Å²) in [4.78, 5) is 11.5. The number of hydrogen-bond donors (Lipinski definition) is 1. The van der Waals surface area contributed by atoms with Crippen molar-refractivity contribution in [2.45, 2.75) is 20.4 Å². The number of hydrogen-bond acceptors (Lipinski definition) is 1. The largest absolute Gasteiger partial charge is 0.352 e. The molecule has 76 valence electrons. The maximum atomic E-state index is 11.5. The van der Waals surface area contributed by atoms with E-state index in [4.69, 9.17) is 11.6 Å². The third-order valence-corrected chi connectivity index (χ3v) is 2.35. The fourth-order valence-electron chi connectivity index (χ4n) is 1.20. The van der Waals surface area contributed by atoms with Crippen LogP contribution in [0.15, 0.2) is 18.3 Å². The van der Waals surface area contributed by atoms with Crippen LogP contribution in [-0.2, 0) is 6.54 Å². The second-order valence-corrected chi connectivity index (χ2v) is 3.22. The van der Waals surface area contributed by atoms with Gasteiger partial charge in [0.05, 0.1) is 0 Å². The fourth-order valence-corrected chi connectivity index (χ4v) is 1.53. The molecule has 0 radical (unpaired) electrons. The second kappa shape index (κ2) is 4.96. The highest BCUT2D eigenvalue weighted by molar-refractivity contribution is 6.31. The molecule has 0 aromatic carbocycles. The Balaban J connectivity index is 3.03. The van der Waals surface area contributed by atoms with Gasteiger partial charge < -0.3 is 5.32 Å². The van der Waals surface area contributed by atoms with Gasteiger partial charge in [-0.3, -0.25) is 4.79 Å². The van der Waals surface area contributed by atoms with E-state index in [1.165, 1.54) is 0 Å². The van der Waals surface area contributed by atoms with E-state index in [1.54, 1.807) is 6.07 Å². The van der Waals surface area contributed by atoms with Crippen molar-refractivity contribution in [3.05, 3.63) is 29.0 Å². The van der Waals surface area contributed by atoms with E-state index in [-0.39, 0.29) is 5.91 Å². The molecule has 0 aliphatic heterocycles. The van der Waals surface area contributed by atoms with Crippen LogP contribution in [0, 0.1) is 0 Å². The first kappa shape index (κ1) is 11.0. The summed E-state index contributed by atoms with van der Waals surface area (Å²) in [6, 6.07) is 3.54. The molecule has 1 N–H and O–H groups in total. The topological polar surface area (TPSA) is 33.0 Å². The molecule has 1 aromatic rings. The molecule has 3 nitrogen and oxygen atoms in total. The number of carbonyl (C=O) groups is 1. The Morgan fingerprint density at radius 3 is 2.86 bits per heavy atom. The molecule has 1 rings (SSSR count). The van der Waals surface area contributed by atoms with Crippen molar-refractivity contribution in [2.75, 3.05) is 6.54 Å². The minimum absolute atomic E-state index is 0.125. The summed E-state index contributed by atoms with van der Waals surface area (Å²) in [5.74, 6) is -0.125. The molecule has 0 saturated heterocycles. The summed E-state index contributed by atoms with van der Waals surface area (Å²) in [7, 11) is 0. The number of halogens is 1. The first-order chi connectivity index (χ1) is 6.70. The third-order valence-electron chi connectivity index (χ3n) is 1.93. The number of nitrogens with zero attached hydrogens (tertiary/aromatic N) is 1. The Bertz CT molecular complexity index is 339. The molecule has 1 heterocycles. The standard InChI is InChI=1S/C10H13ClN2O/c1-3-12-10(14)8-6-5-7-13(4-2)9(8)11/h5-7H,3-4H2,1-2H3/p+1. The molecule has 1 amide bonds. The molecule has 0 saturated carbocycles. The Kier molecular flexibility index (Phi) is 3.89. The molecule has 14 heavy (non-hydrogen) atoms. The third kappa shape index (κ3) is 2.23. The maximum absolute atomic E-state index is 11.5. The van der Waals surface area contributed by atoms with Gasteiger partial charge in [-0.25, -0.2) is 0 Å². The molecule has 0 aliphatic carbocycles. The lowest BCUT2D eigenvalue weighted by Crippen LogP contribution is -2.36. The first-order valence-corrected chi connectivity index (χ1v) is 5.04. The molecule has 0 aliphatic rings. The first-order valence-electron chi connectivity index (χ1n) is 4.66. The van der Waals surface area contributed by atoms with Crippen molar-refractivity contribution >= 4 is 17.5 Å². The van der Waals surface area contributed by atoms with E-state index in [0.29, 0.717) is 17.3 Å². The van der Waals surface area contributed by atoms with Crippen LogP contribution in [0.4, 0.5) is 0 Å². The van der Waals surface area contributed by atoms with E-state index in [9.17, 15) is 4.79 Å². The number of pyridine rings is 1. The molecule has 0 spiro atoms. The van der Waals surface area contributed by atoms with Crippen LogP contribution in [0.25, 0.3) is 0 Å². The molecule has 0 atom stereocenters. The lowest BCUT2D eigenvalue weighted by atomic mass is 10.2. The Hall–Kier alpha value is -1.09. The highest BCUT2D eigenvalue weighted by atomic mass is 35.5. The Morgan fingerprint density at radius 2 is 2.29 bits per heavy atom. The van der Waals surface area contributed by atoms with Crippen LogP contribution in [0.5, 0.6) is 0 Å². The number of aromatic nitrogens is 1. The lowest BCUT2D eigenvalue weighted by molar-refractivity contribution is -0.691. The van der Waals surface area contributed by atoms with Gasteiger partial charge in [0.25, 0.3) is 11.1 Å². The SMILES string of the molecule is CCNC(=O)c1ccc[n+](CC)c1Cl. The molecular formula is C10H14ClN2O+. The van der Waals surface area contributed by atoms with Crippen molar-refractivity contribution in [3.63, 3.8) is 0 Å². The van der Waals surface area contributed by atoms with Crippen LogP contribution in [0.2, 0.25) is 5.15 Å². The predicted molar refractivity (Wildman–Crippen MR) is 55.3 cm³/mol. The van der Waals surface area contributed by atoms with Crippen LogP contribution >= 0.6 is 11.6 Å². The molecular weight excluding hydrogens is 200 g/mol. The second-order valence-electron chi connectivity index (χ2n) is 2.86. The molecule has 4 heteroatoms. The minimum atomic E-state index is -0.125. The summed E-state index contributed by atoms with van der Waals surface area (Å²) < 4.78 is 1.83. The average molecular weight is 214 g/mol. The van der Waals surface area contributed by atoms with Gasteiger partial charge in [-0.1, -0.05) is 0 Å². The van der Waals surface area contributed by atoms with Crippen LogP contribution < -0.4 is 9.88 Å². The minimum Gasteiger partial charge on any atom is -0.352 e. The monoisotopic (exact) mass is 213 g/mol. The number of amides is 1. The van der Waals surface area contributed by atoms with Gasteiger partial charge in [0.15, 0.2) is 6.20 Å². The molecule has 0 unspecified atom stereocenters. The van der Waals surface area contributed by atoms with Gasteiger partial charge >= 0.3 is 0 Å². The summed E-state index contributed by atoms with van der Waals surface area (Å²) in [6.07, 6.45) is 1.85. The van der Waals surface area contributed by atoms with E-state index in [1.807, 2.05) is 30.7 Å². The van der Waals surface area contributed by atoms with Gasteiger partial charge in [0, 0.05) is 12.6 Å². The van der Waals surface area contributed by atoms with Crippen molar-refractivity contribution in [3.8, 4) is 0 Å². The van der Waals surface area contributed by atoms with Crippen molar-refractivity contribution in [2.24, 2.45) is 0 Å². The van der Waals surface area contributed by atoms with Gasteiger partial charge in [-0.05, 0) is 31.5 Å². The zero-order valence-corrected chi connectivity index (χ0v) is 9.14. The molecule has 0 bridgehead atoms. The summed E-state index contributed by atoms with van der Waals surface area (Å²) in [5, 5.41) is 3.20. The average Bonchev–Trinajstić information content (AvgIpc) is 2.18. The summed E-state index contributed by atoms with van der Waals surface area (Å²) in [5.41, 5.74) is 0.526. The highest BCUT2D eigenvalue weighted by Crippen LogP contribution is 2.09. The fraction of sp³-hybridized carbons (Fsp3) is 0.400. The van der Waals surface area contributed by atoms with E-state index in [0.717, 1.165) is 6.54 Å². The number of aryl methyl sites for hydroxylation is 1.